The third-order valence-electron chi connectivity index (χ3n) is 13.7. The molecule has 0 bridgehead atoms. The molecule has 4 aromatic carbocycles. The Hall–Kier alpha value is -6.60. The molecule has 2 fully saturated rings. The summed E-state index contributed by atoms with van der Waals surface area (Å²) in [6.07, 6.45) is 5.07. The number of benzene rings is 4. The molecule has 0 saturated carbocycles. The van der Waals surface area contributed by atoms with E-state index in [9.17, 15) is 54.7 Å². The number of nitrogens with one attached hydrogen (secondary N) is 5. The zero-order valence-electron chi connectivity index (χ0n) is 44.1. The highest BCUT2D eigenvalue weighted by Crippen LogP contribution is 2.33. The van der Waals surface area contributed by atoms with Crippen LogP contribution >= 0.6 is 11.8 Å². The standard InChI is InChI=1S/C55H67F2N9O10S3/c1-35(2)31-65(79(75,76)43-16-12-15-42(29-43)78(73,74)49-25-24-40(56)28-44(49)57)33-47(67)36(3)66-32-41(63-64-66)30-59-54(71)45(27-37-20-22-39(23-21-37)53(70)38-13-6-4-7-14-38)60-51(69)19-8-5-11-26-58-50(68)18-10-9-17-48-52-46(34-77-48)61-55(72)62-52/h4,6-7,12-16,20-25,28-29,32,35-36,45-48,52,67H,5,8-11,17-19,26-27,30-31,33-34H2,1-3H3,(H,58,68)(H,59,71)(H,60,69)(H2,61,62,72)/t36-,45-,46-,47?,48-,52-/m0/s1. The van der Waals surface area contributed by atoms with Crippen LogP contribution < -0.4 is 26.6 Å². The van der Waals surface area contributed by atoms with Gasteiger partial charge < -0.3 is 31.7 Å². The first-order chi connectivity index (χ1) is 37.7. The molecule has 2 aliphatic heterocycles. The smallest absolute Gasteiger partial charge is 0.315 e. The number of aliphatic hydroxyl groups excluding tert-OH is 1. The number of hydrogen-bond donors (Lipinski definition) is 6. The lowest BCUT2D eigenvalue weighted by Crippen LogP contribution is -2.47. The Kier molecular flexibility index (Phi) is 20.9. The van der Waals surface area contributed by atoms with Crippen LogP contribution in [0.4, 0.5) is 13.6 Å². The number of thioether (sulfide) groups is 1. The molecule has 3 heterocycles. The van der Waals surface area contributed by atoms with Crippen molar-refractivity contribution < 1.29 is 54.7 Å². The number of ketones is 1. The van der Waals surface area contributed by atoms with Crippen molar-refractivity contribution >= 4 is 61.2 Å². The quantitative estimate of drug-likeness (QED) is 0.0147. The highest BCUT2D eigenvalue weighted by molar-refractivity contribution is 8.00. The maximum Gasteiger partial charge on any atom is 0.315 e. The largest absolute Gasteiger partial charge is 0.390 e. The summed E-state index contributed by atoms with van der Waals surface area (Å²) >= 11 is 1.85. The lowest BCUT2D eigenvalue weighted by molar-refractivity contribution is -0.129. The van der Waals surface area contributed by atoms with Crippen LogP contribution in [0.3, 0.4) is 0 Å². The molecule has 7 rings (SSSR count). The Morgan fingerprint density at radius 2 is 1.52 bits per heavy atom. The predicted octanol–water partition coefficient (Wildman–Crippen LogP) is 5.64. The van der Waals surface area contributed by atoms with Crippen LogP contribution in [0.15, 0.2) is 118 Å². The molecule has 1 unspecified atom stereocenters. The summed E-state index contributed by atoms with van der Waals surface area (Å²) < 4.78 is 85.5. The summed E-state index contributed by atoms with van der Waals surface area (Å²) in [5.74, 6) is -2.79. The molecule has 6 N–H and O–H groups in total. The second-order valence-electron chi connectivity index (χ2n) is 20.2. The van der Waals surface area contributed by atoms with Crippen LogP contribution in [0.1, 0.15) is 105 Å². The first kappa shape index (κ1) is 60.0. The van der Waals surface area contributed by atoms with Gasteiger partial charge in [0.1, 0.15) is 28.3 Å². The first-order valence-corrected chi connectivity index (χ1v) is 30.3. The molecule has 5 amide bonds. The number of halogens is 2. The molecule has 24 heteroatoms. The van der Waals surface area contributed by atoms with Gasteiger partial charge in [0, 0.05) is 67.1 Å². The lowest BCUT2D eigenvalue weighted by atomic mass is 9.99. The number of nitrogens with zero attached hydrogens (tertiary/aromatic N) is 4. The molecular formula is C55H67F2N9O10S3. The molecule has 19 nitrogen and oxygen atoms in total. The number of aromatic nitrogens is 3. The van der Waals surface area contributed by atoms with Gasteiger partial charge >= 0.3 is 6.03 Å². The third-order valence-corrected chi connectivity index (χ3v) is 18.8. The van der Waals surface area contributed by atoms with Crippen LogP contribution in [0.2, 0.25) is 0 Å². The minimum Gasteiger partial charge on any atom is -0.390 e. The van der Waals surface area contributed by atoms with Gasteiger partial charge in [-0.2, -0.15) is 16.1 Å². The number of rotatable bonds is 29. The fraction of sp³-hybridized carbons (Fsp3) is 0.436. The van der Waals surface area contributed by atoms with Crippen molar-refractivity contribution in [3.63, 3.8) is 0 Å². The molecule has 0 aliphatic carbocycles. The molecule has 424 valence electrons. The number of urea groups is 1. The molecule has 2 saturated heterocycles. The SMILES string of the molecule is CC(C)CN(CC(O)[C@H](C)n1cc(CNC(=O)[C@H](Cc2ccc(C(=O)c3ccccc3)cc2)NC(=O)CCCCCNC(=O)CCCC[C@@H]2SC[C@@H]3NC(=O)N[C@@H]32)nn1)S(=O)(=O)c1cccc(S(=O)(=O)c2ccc(F)cc2F)c1. The van der Waals surface area contributed by atoms with Crippen LogP contribution in [0.5, 0.6) is 0 Å². The third kappa shape index (κ3) is 16.3. The molecule has 5 aromatic rings. The Morgan fingerprint density at radius 1 is 0.810 bits per heavy atom. The normalized spacial score (nSPS) is 17.4. The monoisotopic (exact) mass is 1150 g/mol. The van der Waals surface area contributed by atoms with Gasteiger partial charge in [-0.3, -0.25) is 19.2 Å². The number of unbranched alkanes of at least 4 members (excludes halogenated alkanes) is 3. The molecule has 79 heavy (non-hydrogen) atoms. The van der Waals surface area contributed by atoms with Crippen molar-refractivity contribution in [3.8, 4) is 0 Å². The van der Waals surface area contributed by atoms with Crippen molar-refractivity contribution in [3.05, 3.63) is 137 Å². The van der Waals surface area contributed by atoms with E-state index in [4.69, 9.17) is 0 Å². The summed E-state index contributed by atoms with van der Waals surface area (Å²) in [6, 6.07) is 20.1. The van der Waals surface area contributed by atoms with Crippen molar-refractivity contribution in [1.29, 1.82) is 0 Å². The Morgan fingerprint density at radius 3 is 2.25 bits per heavy atom. The predicted molar refractivity (Wildman–Crippen MR) is 292 cm³/mol. The van der Waals surface area contributed by atoms with Gasteiger partial charge in [-0.05, 0) is 74.4 Å². The summed E-state index contributed by atoms with van der Waals surface area (Å²) in [6.45, 7) is 4.88. The van der Waals surface area contributed by atoms with Gasteiger partial charge in [-0.15, -0.1) is 5.10 Å². The molecular weight excluding hydrogens is 1080 g/mol. The number of aliphatic hydroxyl groups is 1. The second kappa shape index (κ2) is 27.5. The van der Waals surface area contributed by atoms with Gasteiger partial charge in [0.15, 0.2) is 5.78 Å². The average Bonchev–Trinajstić information content (AvgIpc) is 4.16. The Balaban J connectivity index is 0.921. The van der Waals surface area contributed by atoms with Gasteiger partial charge in [-0.25, -0.2) is 35.1 Å². The van der Waals surface area contributed by atoms with Crippen LogP contribution in [-0.4, -0.2) is 126 Å². The number of carbonyl (C=O) groups is 5. The number of sulfonamides is 1. The van der Waals surface area contributed by atoms with Crippen LogP contribution in [-0.2, 0) is 47.2 Å². The van der Waals surface area contributed by atoms with Crippen molar-refractivity contribution in [2.24, 2.45) is 5.92 Å². The Bertz CT molecular complexity index is 3170. The summed E-state index contributed by atoms with van der Waals surface area (Å²) in [5, 5.41) is 34.6. The van der Waals surface area contributed by atoms with Crippen molar-refractivity contribution in [1.82, 2.24) is 45.9 Å². The highest BCUT2D eigenvalue weighted by Gasteiger charge is 2.42. The van der Waals surface area contributed by atoms with E-state index >= 15 is 0 Å². The Labute approximate surface area is 463 Å². The zero-order chi connectivity index (χ0) is 56.9. The molecule has 2 aliphatic rings. The van der Waals surface area contributed by atoms with E-state index in [2.05, 4.69) is 36.9 Å². The van der Waals surface area contributed by atoms with Gasteiger partial charge in [-0.1, -0.05) is 92.6 Å². The topological polar surface area (TPSA) is 268 Å². The number of amides is 5. The maximum atomic E-state index is 14.6. The van der Waals surface area contributed by atoms with Gasteiger partial charge in [0.05, 0.1) is 46.8 Å². The first-order valence-electron chi connectivity index (χ1n) is 26.3. The average molecular weight is 1150 g/mol. The lowest BCUT2D eigenvalue weighted by Gasteiger charge is -2.28. The zero-order valence-corrected chi connectivity index (χ0v) is 46.6. The van der Waals surface area contributed by atoms with E-state index in [1.54, 1.807) is 69.3 Å². The van der Waals surface area contributed by atoms with Crippen LogP contribution in [0.25, 0.3) is 0 Å². The van der Waals surface area contributed by atoms with E-state index in [-0.39, 0.29) is 73.3 Å². The minimum absolute atomic E-state index is 0.0331. The van der Waals surface area contributed by atoms with E-state index in [1.165, 1.54) is 23.0 Å². The summed E-state index contributed by atoms with van der Waals surface area (Å²) in [5.41, 5.74) is 1.92. The summed E-state index contributed by atoms with van der Waals surface area (Å²) in [7, 11) is -9.10. The minimum atomic E-state index is -4.61. The molecule has 6 atom stereocenters. The van der Waals surface area contributed by atoms with Gasteiger partial charge in [0.25, 0.3) is 0 Å². The van der Waals surface area contributed by atoms with E-state index in [0.29, 0.717) is 60.2 Å². The molecule has 0 radical (unpaired) electrons. The van der Waals surface area contributed by atoms with E-state index in [1.807, 2.05) is 17.8 Å². The number of fused-ring (bicyclic) bond motifs is 1. The fourth-order valence-corrected chi connectivity index (χ4v) is 14.0. The molecule has 0 spiro atoms. The summed E-state index contributed by atoms with van der Waals surface area (Å²) in [4.78, 5) is 62.7. The van der Waals surface area contributed by atoms with Crippen molar-refractivity contribution in [2.75, 3.05) is 25.4 Å². The number of carbonyl (C=O) groups excluding carboxylic acids is 5. The fourth-order valence-electron chi connectivity index (χ4n) is 9.32. The molecule has 1 aromatic heterocycles. The number of hydrogen-bond acceptors (Lipinski definition) is 13. The maximum absolute atomic E-state index is 14.6. The van der Waals surface area contributed by atoms with E-state index < -0.39 is 76.8 Å². The number of sulfone groups is 1. The van der Waals surface area contributed by atoms with Crippen molar-refractivity contribution in [2.45, 2.75) is 135 Å². The second-order valence-corrected chi connectivity index (χ2v) is 25.4. The van der Waals surface area contributed by atoms with Gasteiger partial charge in [0.2, 0.25) is 37.6 Å². The highest BCUT2D eigenvalue weighted by atomic mass is 32.2. The van der Waals surface area contributed by atoms with Crippen LogP contribution in [0, 0.1) is 17.6 Å². The van der Waals surface area contributed by atoms with E-state index in [0.717, 1.165) is 53.6 Å².